The number of nitrogens with one attached hydrogen (secondary N) is 1. The second-order valence-electron chi connectivity index (χ2n) is 5.63. The Morgan fingerprint density at radius 1 is 1.00 bits per heavy atom. The third-order valence-corrected chi connectivity index (χ3v) is 4.32. The molecule has 0 saturated heterocycles. The average Bonchev–Trinajstić information content (AvgIpc) is 2.34. The van der Waals surface area contributed by atoms with Crippen molar-refractivity contribution in [1.82, 2.24) is 5.32 Å². The third-order valence-electron chi connectivity index (χ3n) is 3.58. The maximum absolute atomic E-state index is 3.60. The summed E-state index contributed by atoms with van der Waals surface area (Å²) in [5.74, 6) is 2.25. The molecule has 1 rings (SSSR count). The summed E-state index contributed by atoms with van der Waals surface area (Å²) in [7, 11) is 0. The van der Waals surface area contributed by atoms with Gasteiger partial charge in [0.05, 0.1) is 0 Å². The predicted octanol–water partition coefficient (Wildman–Crippen LogP) is 4.43. The number of benzene rings is 1. The van der Waals surface area contributed by atoms with Crippen LogP contribution in [0.5, 0.6) is 0 Å². The molecule has 0 atom stereocenters. The van der Waals surface area contributed by atoms with E-state index in [9.17, 15) is 0 Å². The first-order valence-electron chi connectivity index (χ1n) is 6.88. The lowest BCUT2D eigenvalue weighted by atomic mass is 9.85. The SMILES string of the molecule is CSc1ccc(CNCC(C(C)C)C(C)C)cc1. The van der Waals surface area contributed by atoms with Crippen molar-refractivity contribution in [3.8, 4) is 0 Å². The van der Waals surface area contributed by atoms with Crippen LogP contribution < -0.4 is 5.32 Å². The van der Waals surface area contributed by atoms with Crippen molar-refractivity contribution in [2.75, 3.05) is 12.8 Å². The van der Waals surface area contributed by atoms with Crippen molar-refractivity contribution in [1.29, 1.82) is 0 Å². The van der Waals surface area contributed by atoms with Crippen LogP contribution in [0.2, 0.25) is 0 Å². The summed E-state index contributed by atoms with van der Waals surface area (Å²) in [5, 5.41) is 3.60. The highest BCUT2D eigenvalue weighted by Gasteiger charge is 2.16. The van der Waals surface area contributed by atoms with Crippen LogP contribution in [0.15, 0.2) is 29.2 Å². The molecule has 0 fully saturated rings. The summed E-state index contributed by atoms with van der Waals surface area (Å²) < 4.78 is 0. The van der Waals surface area contributed by atoms with E-state index in [-0.39, 0.29) is 0 Å². The van der Waals surface area contributed by atoms with Gasteiger partial charge in [-0.2, -0.15) is 0 Å². The van der Waals surface area contributed by atoms with E-state index in [1.165, 1.54) is 10.5 Å². The van der Waals surface area contributed by atoms with Crippen LogP contribution in [0, 0.1) is 17.8 Å². The molecule has 0 saturated carbocycles. The largest absolute Gasteiger partial charge is 0.312 e. The van der Waals surface area contributed by atoms with Gasteiger partial charge < -0.3 is 5.32 Å². The molecule has 0 unspecified atom stereocenters. The smallest absolute Gasteiger partial charge is 0.0205 e. The van der Waals surface area contributed by atoms with Crippen molar-refractivity contribution in [3.63, 3.8) is 0 Å². The van der Waals surface area contributed by atoms with E-state index < -0.39 is 0 Å². The van der Waals surface area contributed by atoms with Gasteiger partial charge in [-0.1, -0.05) is 39.8 Å². The first-order chi connectivity index (χ1) is 8.54. The monoisotopic (exact) mass is 265 g/mol. The second-order valence-corrected chi connectivity index (χ2v) is 6.51. The van der Waals surface area contributed by atoms with Crippen molar-refractivity contribution in [2.45, 2.75) is 39.1 Å². The topological polar surface area (TPSA) is 12.0 Å². The van der Waals surface area contributed by atoms with Crippen LogP contribution >= 0.6 is 11.8 Å². The summed E-state index contributed by atoms with van der Waals surface area (Å²) in [4.78, 5) is 1.33. The molecular weight excluding hydrogens is 238 g/mol. The first kappa shape index (κ1) is 15.6. The number of thioether (sulfide) groups is 1. The van der Waals surface area contributed by atoms with Gasteiger partial charge in [-0.25, -0.2) is 0 Å². The summed E-state index contributed by atoms with van der Waals surface area (Å²) in [6.07, 6.45) is 2.11. The molecule has 0 aromatic heterocycles. The molecule has 0 aliphatic heterocycles. The Kier molecular flexibility index (Phi) is 6.80. The molecule has 102 valence electrons. The fourth-order valence-electron chi connectivity index (χ4n) is 2.37. The fraction of sp³-hybridized carbons (Fsp3) is 0.625. The highest BCUT2D eigenvalue weighted by atomic mass is 32.2. The Bertz CT molecular complexity index is 321. The predicted molar refractivity (Wildman–Crippen MR) is 83.1 cm³/mol. The first-order valence-corrected chi connectivity index (χ1v) is 8.10. The van der Waals surface area contributed by atoms with Gasteiger partial charge in [0.25, 0.3) is 0 Å². The van der Waals surface area contributed by atoms with Crippen molar-refractivity contribution < 1.29 is 0 Å². The average molecular weight is 265 g/mol. The number of hydrogen-bond donors (Lipinski definition) is 1. The lowest BCUT2D eigenvalue weighted by Gasteiger charge is -2.25. The van der Waals surface area contributed by atoms with Gasteiger partial charge in [-0.3, -0.25) is 0 Å². The second kappa shape index (κ2) is 7.85. The van der Waals surface area contributed by atoms with E-state index in [4.69, 9.17) is 0 Å². The highest BCUT2D eigenvalue weighted by molar-refractivity contribution is 7.98. The van der Waals surface area contributed by atoms with Gasteiger partial charge in [0.15, 0.2) is 0 Å². The Morgan fingerprint density at radius 2 is 1.56 bits per heavy atom. The van der Waals surface area contributed by atoms with Gasteiger partial charge in [-0.15, -0.1) is 11.8 Å². The Balaban J connectivity index is 2.40. The van der Waals surface area contributed by atoms with Gasteiger partial charge in [0, 0.05) is 11.4 Å². The summed E-state index contributed by atoms with van der Waals surface area (Å²) in [6.45, 7) is 11.4. The van der Waals surface area contributed by atoms with Gasteiger partial charge in [0.1, 0.15) is 0 Å². The van der Waals surface area contributed by atoms with Gasteiger partial charge >= 0.3 is 0 Å². The van der Waals surface area contributed by atoms with Gasteiger partial charge in [-0.05, 0) is 48.3 Å². The zero-order chi connectivity index (χ0) is 13.5. The highest BCUT2D eigenvalue weighted by Crippen LogP contribution is 2.19. The molecule has 0 aliphatic rings. The minimum absolute atomic E-state index is 0.747. The zero-order valence-electron chi connectivity index (χ0n) is 12.4. The molecule has 1 aromatic carbocycles. The molecule has 0 aliphatic carbocycles. The molecule has 1 N–H and O–H groups in total. The van der Waals surface area contributed by atoms with Crippen LogP contribution in [0.4, 0.5) is 0 Å². The van der Waals surface area contributed by atoms with Crippen LogP contribution in [0.3, 0.4) is 0 Å². The van der Waals surface area contributed by atoms with Crippen LogP contribution in [-0.2, 0) is 6.54 Å². The molecule has 0 amide bonds. The molecule has 18 heavy (non-hydrogen) atoms. The zero-order valence-corrected chi connectivity index (χ0v) is 13.2. The number of hydrogen-bond acceptors (Lipinski definition) is 2. The normalized spacial score (nSPS) is 11.8. The Morgan fingerprint density at radius 3 is 2.00 bits per heavy atom. The van der Waals surface area contributed by atoms with Crippen LogP contribution in [0.1, 0.15) is 33.3 Å². The summed E-state index contributed by atoms with van der Waals surface area (Å²) in [6, 6.07) is 8.84. The maximum atomic E-state index is 3.60. The Labute approximate surface area is 117 Å². The molecule has 1 aromatic rings. The minimum atomic E-state index is 0.747. The van der Waals surface area contributed by atoms with E-state index in [2.05, 4.69) is 63.5 Å². The molecular formula is C16H27NS. The van der Waals surface area contributed by atoms with Crippen LogP contribution in [0.25, 0.3) is 0 Å². The maximum Gasteiger partial charge on any atom is 0.0205 e. The molecule has 0 radical (unpaired) electrons. The van der Waals surface area contributed by atoms with Crippen molar-refractivity contribution in [2.24, 2.45) is 17.8 Å². The molecule has 0 spiro atoms. The van der Waals surface area contributed by atoms with E-state index in [1.807, 2.05) is 0 Å². The molecule has 0 bridgehead atoms. The summed E-state index contributed by atoms with van der Waals surface area (Å²) in [5.41, 5.74) is 1.37. The van der Waals surface area contributed by atoms with E-state index in [0.29, 0.717) is 0 Å². The van der Waals surface area contributed by atoms with Crippen molar-refractivity contribution >= 4 is 11.8 Å². The number of rotatable bonds is 7. The van der Waals surface area contributed by atoms with Crippen molar-refractivity contribution in [3.05, 3.63) is 29.8 Å². The van der Waals surface area contributed by atoms with Crippen LogP contribution in [-0.4, -0.2) is 12.8 Å². The summed E-state index contributed by atoms with van der Waals surface area (Å²) >= 11 is 1.79. The standard InChI is InChI=1S/C16H27NS/c1-12(2)16(13(3)4)11-17-10-14-6-8-15(18-5)9-7-14/h6-9,12-13,16-17H,10-11H2,1-5H3. The van der Waals surface area contributed by atoms with E-state index in [1.54, 1.807) is 11.8 Å². The third kappa shape index (κ3) is 5.03. The Hall–Kier alpha value is -0.470. The van der Waals surface area contributed by atoms with E-state index in [0.717, 1.165) is 30.8 Å². The lowest BCUT2D eigenvalue weighted by Crippen LogP contribution is -2.29. The molecule has 1 nitrogen and oxygen atoms in total. The quantitative estimate of drug-likeness (QED) is 0.732. The van der Waals surface area contributed by atoms with Gasteiger partial charge in [0.2, 0.25) is 0 Å². The van der Waals surface area contributed by atoms with E-state index >= 15 is 0 Å². The fourth-order valence-corrected chi connectivity index (χ4v) is 2.78. The minimum Gasteiger partial charge on any atom is -0.312 e. The molecule has 0 heterocycles. The lowest BCUT2D eigenvalue weighted by molar-refractivity contribution is 0.275. The molecule has 2 heteroatoms.